The van der Waals surface area contributed by atoms with Crippen LogP contribution in [-0.2, 0) is 32.7 Å². The molecule has 0 saturated carbocycles. The van der Waals surface area contributed by atoms with Crippen molar-refractivity contribution in [3.05, 3.63) is 28.4 Å². The van der Waals surface area contributed by atoms with Gasteiger partial charge >= 0.3 is 35.2 Å². The molecule has 2 aliphatic rings. The van der Waals surface area contributed by atoms with Gasteiger partial charge in [-0.2, -0.15) is 4.98 Å². The zero-order valence-corrected chi connectivity index (χ0v) is 26.1. The Morgan fingerprint density at radius 1 is 1.30 bits per heavy atom. The van der Waals surface area contributed by atoms with Crippen molar-refractivity contribution in [3.63, 3.8) is 0 Å². The molecule has 21 heteroatoms. The number of carboxylic acid groups (broad SMARTS) is 1. The third-order valence-electron chi connectivity index (χ3n) is 6.93. The average molecular weight is 649 g/mol. The van der Waals surface area contributed by atoms with Crippen molar-refractivity contribution < 1.29 is 109 Å². The first-order valence-corrected chi connectivity index (χ1v) is 14.1. The number of carbonyl (C=O) groups excluding carboxylic acids is 2. The van der Waals surface area contributed by atoms with Crippen LogP contribution in [0.2, 0.25) is 0 Å². The fourth-order valence-corrected chi connectivity index (χ4v) is 5.59. The number of carboxylic acids is 1. The van der Waals surface area contributed by atoms with Gasteiger partial charge in [-0.3, -0.25) is 18.5 Å². The Labute approximate surface area is 265 Å². The molecule has 0 amide bonds. The molecule has 2 saturated heterocycles. The number of phosphoric acid groups is 1. The fourth-order valence-electron chi connectivity index (χ4n) is 4.66. The Kier molecular flexibility index (Phi) is 13.6. The van der Waals surface area contributed by atoms with Gasteiger partial charge in [0, 0.05) is 30.7 Å². The smallest absolute Gasteiger partial charge is 0.756 e. The largest absolute Gasteiger partial charge is 1.00 e. The van der Waals surface area contributed by atoms with Crippen molar-refractivity contribution in [2.75, 3.05) is 19.8 Å². The van der Waals surface area contributed by atoms with E-state index in [1.54, 1.807) is 0 Å². The van der Waals surface area contributed by atoms with Crippen molar-refractivity contribution >= 4 is 19.6 Å². The molecule has 9 N–H and O–H groups in total. The Balaban J connectivity index is 0.00000645. The van der Waals surface area contributed by atoms with Crippen LogP contribution in [0.4, 0.5) is 0 Å². The summed E-state index contributed by atoms with van der Waals surface area (Å²) in [6.45, 7) is -0.856. The van der Waals surface area contributed by atoms with Gasteiger partial charge < -0.3 is 65.2 Å². The van der Waals surface area contributed by atoms with E-state index >= 15 is 0 Å². The molecule has 0 bridgehead atoms. The van der Waals surface area contributed by atoms with Crippen LogP contribution >= 0.6 is 7.82 Å². The van der Waals surface area contributed by atoms with Gasteiger partial charge in [-0.05, 0) is 13.0 Å². The van der Waals surface area contributed by atoms with Gasteiger partial charge in [-0.25, -0.2) is 4.79 Å². The molecule has 1 aromatic heterocycles. The van der Waals surface area contributed by atoms with Gasteiger partial charge in [-0.1, -0.05) is 0 Å². The Morgan fingerprint density at radius 2 is 1.95 bits per heavy atom. The molecule has 1 aromatic rings. The normalized spacial score (nSPS) is 33.7. The summed E-state index contributed by atoms with van der Waals surface area (Å²) in [4.78, 5) is 52.7. The molecule has 3 unspecified atom stereocenters. The van der Waals surface area contributed by atoms with Crippen LogP contribution in [0.25, 0.3) is 0 Å². The Morgan fingerprint density at radius 3 is 2.51 bits per heavy atom. The van der Waals surface area contributed by atoms with Gasteiger partial charge in [0.05, 0.1) is 25.4 Å². The first-order valence-electron chi connectivity index (χ1n) is 12.6. The van der Waals surface area contributed by atoms with Gasteiger partial charge in [-0.15, -0.1) is 0 Å². The van der Waals surface area contributed by atoms with Crippen LogP contribution in [0, 0.1) is 12.8 Å². The number of carbonyl (C=O) groups is 2. The summed E-state index contributed by atoms with van der Waals surface area (Å²) in [5.41, 5.74) is 2.90. The summed E-state index contributed by atoms with van der Waals surface area (Å²) < 4.78 is 33.5. The summed E-state index contributed by atoms with van der Waals surface area (Å²) in [5.74, 6) is -7.65. The van der Waals surface area contributed by atoms with Crippen LogP contribution in [0.15, 0.2) is 17.1 Å². The van der Waals surface area contributed by atoms with Crippen LogP contribution in [0.3, 0.4) is 0 Å². The molecule has 0 aliphatic carbocycles. The van der Waals surface area contributed by atoms with E-state index in [1.165, 1.54) is 19.2 Å². The zero-order chi connectivity index (χ0) is 31.6. The topological polar surface area (TPSA) is 318 Å². The van der Waals surface area contributed by atoms with E-state index in [0.29, 0.717) is 5.69 Å². The predicted octanol–water partition coefficient (Wildman–Crippen LogP) is -10.2. The maximum atomic E-state index is 12.7. The quantitative estimate of drug-likeness (QED) is 0.0770. The molecule has 2 fully saturated rings. The molecule has 19 nitrogen and oxygen atoms in total. The van der Waals surface area contributed by atoms with E-state index in [4.69, 9.17) is 9.47 Å². The van der Waals surface area contributed by atoms with Crippen molar-refractivity contribution in [2.24, 2.45) is 5.92 Å². The van der Waals surface area contributed by atoms with Crippen LogP contribution in [0.5, 0.6) is 0 Å². The zero-order valence-electron chi connectivity index (χ0n) is 23.2. The van der Waals surface area contributed by atoms with Gasteiger partial charge in [0.15, 0.2) is 12.0 Å². The maximum Gasteiger partial charge on any atom is 1.00 e. The van der Waals surface area contributed by atoms with Crippen molar-refractivity contribution in [1.29, 1.82) is 0 Å². The second-order valence-electron chi connectivity index (χ2n) is 9.93. The molecular formula is C22H33N3NaO16P. The van der Waals surface area contributed by atoms with Gasteiger partial charge in [0.25, 0.3) is 7.82 Å². The molecule has 238 valence electrons. The minimum atomic E-state index is -5.78. The molecule has 0 aromatic carbocycles. The molecular weight excluding hydrogens is 616 g/mol. The second kappa shape index (κ2) is 15.4. The number of quaternary nitrogens is 1. The molecule has 0 radical (unpaired) electrons. The third kappa shape index (κ3) is 8.73. The number of aliphatic carboxylic acids is 1. The van der Waals surface area contributed by atoms with E-state index in [9.17, 15) is 59.6 Å². The third-order valence-corrected chi connectivity index (χ3v) is 7.91. The van der Waals surface area contributed by atoms with Crippen LogP contribution in [-0.4, -0.2) is 120 Å². The summed E-state index contributed by atoms with van der Waals surface area (Å²) in [5, 5.41) is 73.1. The SMILES string of the molecule is Cc1ccn([C@@H]2O[C@H](COP(=O)([O-])O[C@@]3(C(=O)[O-])C[C@@H](O)[C@@H](CC(=O)C[NH3+])C([C@H](O)[C@H](O)CO)O3)[C@H](O)C2O)c(=O)n1.[Na+]. The molecule has 43 heavy (non-hydrogen) atoms. The fraction of sp³-hybridized carbons (Fsp3) is 0.727. The number of rotatable bonds is 13. The number of aromatic nitrogens is 2. The van der Waals surface area contributed by atoms with Crippen LogP contribution in [0.1, 0.15) is 24.8 Å². The van der Waals surface area contributed by atoms with E-state index < -0.39 is 112 Å². The minimum absolute atomic E-state index is 0. The number of hydrogen-bond donors (Lipinski definition) is 7. The molecule has 2 aliphatic heterocycles. The van der Waals surface area contributed by atoms with Crippen molar-refractivity contribution in [3.8, 4) is 0 Å². The van der Waals surface area contributed by atoms with E-state index in [0.717, 1.165) is 4.57 Å². The summed E-state index contributed by atoms with van der Waals surface area (Å²) in [7, 11) is -5.78. The first-order chi connectivity index (χ1) is 19.6. The maximum absolute atomic E-state index is 12.7. The molecule has 0 spiro atoms. The van der Waals surface area contributed by atoms with Crippen molar-refractivity contribution in [2.45, 2.75) is 74.5 Å². The molecule has 11 atom stereocenters. The Bertz CT molecular complexity index is 1240. The van der Waals surface area contributed by atoms with Crippen LogP contribution < -0.4 is 51.0 Å². The second-order valence-corrected chi connectivity index (χ2v) is 11.3. The van der Waals surface area contributed by atoms with Gasteiger partial charge in [0.2, 0.25) is 5.79 Å². The minimum Gasteiger partial charge on any atom is -0.756 e. The summed E-state index contributed by atoms with van der Waals surface area (Å²) in [6.07, 6.45) is -15.0. The number of ketones is 1. The van der Waals surface area contributed by atoms with Gasteiger partial charge in [0.1, 0.15) is 43.0 Å². The summed E-state index contributed by atoms with van der Waals surface area (Å²) in [6, 6.07) is 1.41. The number of Topliss-reactive ketones (excluding diaryl/α,β-unsaturated/α-hetero) is 1. The van der Waals surface area contributed by atoms with Crippen molar-refractivity contribution in [1.82, 2.24) is 9.55 Å². The number of phosphoric ester groups is 1. The molecule has 3 heterocycles. The number of aliphatic hydroxyl groups is 6. The number of aliphatic hydroxyl groups excluding tert-OH is 6. The predicted molar refractivity (Wildman–Crippen MR) is 127 cm³/mol. The standard InChI is InChI=1S/C22H34N3O16P.Na/c1-9-2-3-25(21(35)24-9)19-17(32)16(31)14(39-19)8-38-42(36,37)41-22(20(33)34)5-12(28)11(4-10(27)6-23)18(40-22)15(30)13(29)7-26;/h2-3,11-19,26,28-32H,4-8,23H2,1H3,(H,33,34)(H,36,37);/q;+1/p-1/t11-,12-,13-,14-,15-,16+,17?,18?,19-,22-;/m1./s1. The van der Waals surface area contributed by atoms with E-state index in [2.05, 4.69) is 19.8 Å². The number of hydrogen-bond acceptors (Lipinski definition) is 17. The van der Waals surface area contributed by atoms with E-state index in [-0.39, 0.29) is 36.1 Å². The Hall–Kier alpha value is -1.23. The van der Waals surface area contributed by atoms with E-state index in [1.807, 2.05) is 0 Å². The number of aryl methyl sites for hydroxylation is 1. The average Bonchev–Trinajstić information content (AvgIpc) is 3.20. The number of ether oxygens (including phenoxy) is 2. The monoisotopic (exact) mass is 649 g/mol. The molecule has 3 rings (SSSR count). The number of nitrogens with zero attached hydrogens (tertiary/aromatic N) is 2. The first kappa shape index (κ1) is 38.0. The summed E-state index contributed by atoms with van der Waals surface area (Å²) >= 11 is 0.